The minimum atomic E-state index is -0.472. The van der Waals surface area contributed by atoms with Crippen LogP contribution in [0.25, 0.3) is 11.4 Å². The summed E-state index contributed by atoms with van der Waals surface area (Å²) in [4.78, 5) is 20.0. The highest BCUT2D eigenvalue weighted by atomic mass is 35.5. The monoisotopic (exact) mass is 348 g/mol. The van der Waals surface area contributed by atoms with Gasteiger partial charge in [-0.05, 0) is 19.1 Å². The highest BCUT2D eigenvalue weighted by molar-refractivity contribution is 7.09. The van der Waals surface area contributed by atoms with Crippen molar-refractivity contribution in [3.8, 4) is 11.4 Å². The Balaban J connectivity index is 0.00000200. The number of rotatable bonds is 5. The third-order valence-electron chi connectivity index (χ3n) is 2.53. The summed E-state index contributed by atoms with van der Waals surface area (Å²) in [7, 11) is 0. The molecule has 0 bridgehead atoms. The molecule has 0 saturated heterocycles. The van der Waals surface area contributed by atoms with E-state index in [-0.39, 0.29) is 30.7 Å². The SMILES string of the molecule is CC(N)C(=O)NCCc1nc(-c2ccccn2)cs1.Cl.Cl. The lowest BCUT2D eigenvalue weighted by Crippen LogP contribution is -2.39. The quantitative estimate of drug-likeness (QED) is 0.866. The van der Waals surface area contributed by atoms with E-state index >= 15 is 0 Å². The van der Waals surface area contributed by atoms with E-state index in [9.17, 15) is 4.79 Å². The zero-order valence-corrected chi connectivity index (χ0v) is 13.9. The summed E-state index contributed by atoms with van der Waals surface area (Å²) in [6, 6.07) is 5.27. The van der Waals surface area contributed by atoms with Gasteiger partial charge in [0.05, 0.1) is 22.4 Å². The van der Waals surface area contributed by atoms with Crippen LogP contribution in [0.2, 0.25) is 0 Å². The van der Waals surface area contributed by atoms with Crippen molar-refractivity contribution in [3.63, 3.8) is 0 Å². The molecule has 116 valence electrons. The van der Waals surface area contributed by atoms with Gasteiger partial charge in [-0.2, -0.15) is 0 Å². The molecule has 0 aromatic carbocycles. The number of nitrogens with two attached hydrogens (primary N) is 1. The van der Waals surface area contributed by atoms with E-state index in [2.05, 4.69) is 15.3 Å². The molecule has 0 radical (unpaired) electrons. The number of nitrogens with one attached hydrogen (secondary N) is 1. The Morgan fingerprint density at radius 1 is 1.38 bits per heavy atom. The van der Waals surface area contributed by atoms with Crippen molar-refractivity contribution >= 4 is 42.1 Å². The number of halogens is 2. The van der Waals surface area contributed by atoms with Crippen LogP contribution in [0, 0.1) is 0 Å². The van der Waals surface area contributed by atoms with Crippen LogP contribution in [-0.2, 0) is 11.2 Å². The first-order valence-corrected chi connectivity index (χ1v) is 6.94. The summed E-state index contributed by atoms with van der Waals surface area (Å²) in [6.07, 6.45) is 2.45. The van der Waals surface area contributed by atoms with Crippen molar-refractivity contribution in [1.82, 2.24) is 15.3 Å². The number of carbonyl (C=O) groups excluding carboxylic acids is 1. The van der Waals surface area contributed by atoms with Crippen LogP contribution >= 0.6 is 36.2 Å². The van der Waals surface area contributed by atoms with Crippen LogP contribution in [0.5, 0.6) is 0 Å². The van der Waals surface area contributed by atoms with E-state index in [1.54, 1.807) is 24.5 Å². The number of amides is 1. The smallest absolute Gasteiger partial charge is 0.236 e. The molecule has 0 aliphatic carbocycles. The second kappa shape index (κ2) is 9.68. The molecule has 2 rings (SSSR count). The van der Waals surface area contributed by atoms with Gasteiger partial charge in [-0.3, -0.25) is 9.78 Å². The maximum Gasteiger partial charge on any atom is 0.236 e. The largest absolute Gasteiger partial charge is 0.354 e. The van der Waals surface area contributed by atoms with E-state index in [1.807, 2.05) is 23.6 Å². The molecule has 1 atom stereocenters. The maximum absolute atomic E-state index is 11.3. The molecule has 21 heavy (non-hydrogen) atoms. The molecular formula is C13H18Cl2N4OS. The number of hydrogen-bond acceptors (Lipinski definition) is 5. The Morgan fingerprint density at radius 3 is 2.76 bits per heavy atom. The van der Waals surface area contributed by atoms with E-state index in [4.69, 9.17) is 5.73 Å². The highest BCUT2D eigenvalue weighted by Crippen LogP contribution is 2.19. The molecule has 1 unspecified atom stereocenters. The predicted octanol–water partition coefficient (Wildman–Crippen LogP) is 2.05. The van der Waals surface area contributed by atoms with Gasteiger partial charge in [-0.25, -0.2) is 4.98 Å². The fourth-order valence-electron chi connectivity index (χ4n) is 1.51. The van der Waals surface area contributed by atoms with Crippen LogP contribution in [0.15, 0.2) is 29.8 Å². The van der Waals surface area contributed by atoms with E-state index in [0.29, 0.717) is 13.0 Å². The Labute approximate surface area is 140 Å². The summed E-state index contributed by atoms with van der Waals surface area (Å²) < 4.78 is 0. The Kier molecular flexibility index (Phi) is 9.12. The predicted molar refractivity (Wildman–Crippen MR) is 90.2 cm³/mol. The summed E-state index contributed by atoms with van der Waals surface area (Å²) in [5.41, 5.74) is 7.20. The van der Waals surface area contributed by atoms with Gasteiger partial charge >= 0.3 is 0 Å². The second-order valence-electron chi connectivity index (χ2n) is 4.17. The molecule has 0 aliphatic rings. The Bertz CT molecular complexity index is 548. The van der Waals surface area contributed by atoms with Gasteiger partial charge in [0.15, 0.2) is 0 Å². The van der Waals surface area contributed by atoms with Crippen LogP contribution < -0.4 is 11.1 Å². The van der Waals surface area contributed by atoms with Crippen molar-refractivity contribution in [2.24, 2.45) is 5.73 Å². The Hall–Kier alpha value is -1.21. The summed E-state index contributed by atoms with van der Waals surface area (Å²) in [5, 5.41) is 5.72. The summed E-state index contributed by atoms with van der Waals surface area (Å²) in [5.74, 6) is -0.137. The van der Waals surface area contributed by atoms with E-state index in [0.717, 1.165) is 16.4 Å². The van der Waals surface area contributed by atoms with Crippen molar-refractivity contribution in [3.05, 3.63) is 34.8 Å². The van der Waals surface area contributed by atoms with Crippen molar-refractivity contribution in [2.45, 2.75) is 19.4 Å². The van der Waals surface area contributed by atoms with Gasteiger partial charge in [0.25, 0.3) is 0 Å². The molecule has 0 fully saturated rings. The molecule has 2 heterocycles. The number of aromatic nitrogens is 2. The number of thiazole rings is 1. The van der Waals surface area contributed by atoms with Crippen LogP contribution in [0.3, 0.4) is 0 Å². The lowest BCUT2D eigenvalue weighted by atomic mass is 10.3. The molecule has 0 saturated carbocycles. The van der Waals surface area contributed by atoms with Gasteiger partial charge in [-0.15, -0.1) is 36.2 Å². The van der Waals surface area contributed by atoms with Crippen molar-refractivity contribution in [1.29, 1.82) is 0 Å². The zero-order chi connectivity index (χ0) is 13.7. The molecule has 0 spiro atoms. The van der Waals surface area contributed by atoms with Gasteiger partial charge in [0, 0.05) is 24.5 Å². The van der Waals surface area contributed by atoms with Gasteiger partial charge in [0.2, 0.25) is 5.91 Å². The second-order valence-corrected chi connectivity index (χ2v) is 5.11. The van der Waals surface area contributed by atoms with Crippen molar-refractivity contribution < 1.29 is 4.79 Å². The number of carbonyl (C=O) groups is 1. The third kappa shape index (κ3) is 5.97. The maximum atomic E-state index is 11.3. The number of nitrogens with zero attached hydrogens (tertiary/aromatic N) is 2. The molecule has 1 amide bonds. The zero-order valence-electron chi connectivity index (χ0n) is 11.5. The minimum absolute atomic E-state index is 0. The number of pyridine rings is 1. The van der Waals surface area contributed by atoms with E-state index < -0.39 is 6.04 Å². The fourth-order valence-corrected chi connectivity index (χ4v) is 2.30. The lowest BCUT2D eigenvalue weighted by Gasteiger charge is -2.05. The average Bonchev–Trinajstić information content (AvgIpc) is 2.88. The average molecular weight is 349 g/mol. The molecule has 2 aromatic heterocycles. The molecule has 3 N–H and O–H groups in total. The molecule has 2 aromatic rings. The lowest BCUT2D eigenvalue weighted by molar-refractivity contribution is -0.121. The third-order valence-corrected chi connectivity index (χ3v) is 3.44. The van der Waals surface area contributed by atoms with Crippen LogP contribution in [0.1, 0.15) is 11.9 Å². The summed E-state index contributed by atoms with van der Waals surface area (Å²) in [6.45, 7) is 2.22. The molecule has 0 aliphatic heterocycles. The number of hydrogen-bond donors (Lipinski definition) is 2. The highest BCUT2D eigenvalue weighted by Gasteiger charge is 2.08. The fraction of sp³-hybridized carbons (Fsp3) is 0.308. The normalized spacial score (nSPS) is 11.0. The van der Waals surface area contributed by atoms with Crippen molar-refractivity contribution in [2.75, 3.05) is 6.54 Å². The molecular weight excluding hydrogens is 331 g/mol. The molecule has 5 nitrogen and oxygen atoms in total. The van der Waals surface area contributed by atoms with E-state index in [1.165, 1.54) is 0 Å². The standard InChI is InChI=1S/C13H16N4OS.2ClH/c1-9(14)13(18)16-7-5-12-17-11(8-19-12)10-4-2-3-6-15-10;;/h2-4,6,8-9H,5,7,14H2,1H3,(H,16,18);2*1H. The van der Waals surface area contributed by atoms with Gasteiger partial charge in [0.1, 0.15) is 0 Å². The van der Waals surface area contributed by atoms with Crippen LogP contribution in [0.4, 0.5) is 0 Å². The van der Waals surface area contributed by atoms with Gasteiger partial charge in [-0.1, -0.05) is 6.07 Å². The first-order valence-electron chi connectivity index (χ1n) is 6.06. The molecule has 8 heteroatoms. The van der Waals surface area contributed by atoms with Crippen LogP contribution in [-0.4, -0.2) is 28.5 Å². The Morgan fingerprint density at radius 2 is 2.14 bits per heavy atom. The first kappa shape index (κ1) is 19.8. The van der Waals surface area contributed by atoms with Gasteiger partial charge < -0.3 is 11.1 Å². The minimum Gasteiger partial charge on any atom is -0.354 e. The first-order chi connectivity index (χ1) is 9.16. The summed E-state index contributed by atoms with van der Waals surface area (Å²) >= 11 is 1.57. The topological polar surface area (TPSA) is 80.9 Å².